The van der Waals surface area contributed by atoms with E-state index in [1.54, 1.807) is 0 Å². The van der Waals surface area contributed by atoms with E-state index in [0.717, 1.165) is 6.42 Å². The van der Waals surface area contributed by atoms with Crippen LogP contribution >= 0.6 is 0 Å². The number of carboxylic acid groups (broad SMARTS) is 1. The highest BCUT2D eigenvalue weighted by Gasteiger charge is 2.45. The average Bonchev–Trinajstić information content (AvgIpc) is 2.73. The summed E-state index contributed by atoms with van der Waals surface area (Å²) in [6.07, 6.45) is -3.55. The number of rotatable bonds is 3. The van der Waals surface area contributed by atoms with Crippen molar-refractivity contribution in [3.8, 4) is 0 Å². The summed E-state index contributed by atoms with van der Waals surface area (Å²) in [6.45, 7) is 0. The van der Waals surface area contributed by atoms with Crippen molar-refractivity contribution in [1.82, 2.24) is 10.2 Å². The zero-order valence-electron chi connectivity index (χ0n) is 8.84. The molecule has 0 radical (unpaired) electrons. The molecular weight excluding hydrogens is 237 g/mol. The lowest BCUT2D eigenvalue weighted by Crippen LogP contribution is -2.24. The van der Waals surface area contributed by atoms with Crippen LogP contribution in [0.5, 0.6) is 0 Å². The molecule has 2 N–H and O–H groups in total. The average molecular weight is 248 g/mol. The van der Waals surface area contributed by atoms with Gasteiger partial charge in [0.05, 0.1) is 12.1 Å². The number of aromatic amines is 1. The van der Waals surface area contributed by atoms with E-state index in [0.29, 0.717) is 24.1 Å². The summed E-state index contributed by atoms with van der Waals surface area (Å²) in [5.41, 5.74) is 1.11. The van der Waals surface area contributed by atoms with Gasteiger partial charge in [-0.25, -0.2) is 0 Å². The molecule has 1 heterocycles. The highest BCUT2D eigenvalue weighted by atomic mass is 19.4. The van der Waals surface area contributed by atoms with Crippen molar-refractivity contribution < 1.29 is 23.1 Å². The van der Waals surface area contributed by atoms with Crippen molar-refractivity contribution in [2.45, 2.75) is 37.8 Å². The first-order chi connectivity index (χ1) is 7.89. The Kier molecular flexibility index (Phi) is 2.84. The maximum Gasteiger partial charge on any atom is 0.397 e. The summed E-state index contributed by atoms with van der Waals surface area (Å²) < 4.78 is 38.4. The van der Waals surface area contributed by atoms with Crippen molar-refractivity contribution in [1.29, 1.82) is 0 Å². The molecule has 1 aromatic rings. The highest BCUT2D eigenvalue weighted by molar-refractivity contribution is 5.68. The van der Waals surface area contributed by atoms with Gasteiger partial charge in [0.15, 0.2) is 0 Å². The lowest BCUT2D eigenvalue weighted by Gasteiger charge is -2.17. The predicted molar refractivity (Wildman–Crippen MR) is 51.7 cm³/mol. The number of alkyl halides is 3. The van der Waals surface area contributed by atoms with Crippen molar-refractivity contribution in [3.05, 3.63) is 17.0 Å². The maximum atomic E-state index is 12.8. The molecule has 0 aliphatic heterocycles. The monoisotopic (exact) mass is 248 g/mol. The van der Waals surface area contributed by atoms with Crippen LogP contribution in [0.1, 0.15) is 35.7 Å². The first-order valence-corrected chi connectivity index (χ1v) is 5.24. The van der Waals surface area contributed by atoms with Crippen molar-refractivity contribution in [2.75, 3.05) is 0 Å². The highest BCUT2D eigenvalue weighted by Crippen LogP contribution is 2.40. The summed E-state index contributed by atoms with van der Waals surface area (Å²) >= 11 is 0. The smallest absolute Gasteiger partial charge is 0.397 e. The van der Waals surface area contributed by atoms with Crippen LogP contribution in [0.2, 0.25) is 0 Å². The van der Waals surface area contributed by atoms with Gasteiger partial charge in [-0.1, -0.05) is 0 Å². The number of nitrogens with one attached hydrogen (secondary N) is 1. The topological polar surface area (TPSA) is 66.0 Å². The molecule has 1 aliphatic rings. The number of nitrogens with zero attached hydrogens (tertiary/aromatic N) is 1. The number of aliphatic carboxylic acids is 1. The number of halogens is 3. The maximum absolute atomic E-state index is 12.8. The molecule has 0 amide bonds. The predicted octanol–water partition coefficient (Wildman–Crippen LogP) is 2.02. The standard InChI is InChI=1S/C10H11F3N2O2/c11-10(12,13)6(4-8(16)17)9-5-2-1-3-7(5)14-15-9/h6H,1-4H2,(H,14,15)(H,16,17). The van der Waals surface area contributed by atoms with E-state index in [-0.39, 0.29) is 5.69 Å². The van der Waals surface area contributed by atoms with Crippen LogP contribution < -0.4 is 0 Å². The Balaban J connectivity index is 2.35. The van der Waals surface area contributed by atoms with Crippen LogP contribution in [0.4, 0.5) is 13.2 Å². The molecule has 1 unspecified atom stereocenters. The fraction of sp³-hybridized carbons (Fsp3) is 0.600. The second-order valence-corrected chi connectivity index (χ2v) is 4.11. The van der Waals surface area contributed by atoms with Gasteiger partial charge < -0.3 is 5.11 Å². The Morgan fingerprint density at radius 1 is 1.47 bits per heavy atom. The van der Waals surface area contributed by atoms with Gasteiger partial charge >= 0.3 is 12.1 Å². The number of aryl methyl sites for hydroxylation is 1. The third-order valence-corrected chi connectivity index (χ3v) is 2.94. The molecule has 0 saturated carbocycles. The molecule has 0 bridgehead atoms. The molecule has 17 heavy (non-hydrogen) atoms. The third kappa shape index (κ3) is 2.27. The number of carboxylic acids is 1. The molecule has 0 saturated heterocycles. The van der Waals surface area contributed by atoms with Crippen LogP contribution in [0, 0.1) is 0 Å². The number of hydrogen-bond donors (Lipinski definition) is 2. The Morgan fingerprint density at radius 3 is 2.76 bits per heavy atom. The number of carbonyl (C=O) groups is 1. The van der Waals surface area contributed by atoms with Crippen LogP contribution in [0.25, 0.3) is 0 Å². The van der Waals surface area contributed by atoms with E-state index in [2.05, 4.69) is 10.2 Å². The van der Waals surface area contributed by atoms with Gasteiger partial charge in [-0.3, -0.25) is 9.89 Å². The van der Waals surface area contributed by atoms with Gasteiger partial charge in [0.25, 0.3) is 0 Å². The Hall–Kier alpha value is -1.53. The van der Waals surface area contributed by atoms with Gasteiger partial charge in [0.2, 0.25) is 0 Å². The zero-order valence-corrected chi connectivity index (χ0v) is 8.84. The quantitative estimate of drug-likeness (QED) is 0.860. The second-order valence-electron chi connectivity index (χ2n) is 4.11. The zero-order chi connectivity index (χ0) is 12.6. The van der Waals surface area contributed by atoms with E-state index in [4.69, 9.17) is 5.11 Å². The van der Waals surface area contributed by atoms with Crippen molar-refractivity contribution >= 4 is 5.97 Å². The van der Waals surface area contributed by atoms with Crippen LogP contribution in [-0.2, 0) is 17.6 Å². The number of H-pyrrole nitrogens is 1. The molecule has 1 aliphatic carbocycles. The van der Waals surface area contributed by atoms with Crippen LogP contribution in [-0.4, -0.2) is 27.4 Å². The lowest BCUT2D eigenvalue weighted by molar-refractivity contribution is -0.164. The van der Waals surface area contributed by atoms with E-state index in [1.165, 1.54) is 0 Å². The summed E-state index contributed by atoms with van der Waals surface area (Å²) in [5, 5.41) is 14.8. The molecule has 4 nitrogen and oxygen atoms in total. The van der Waals surface area contributed by atoms with Gasteiger partial charge in [-0.15, -0.1) is 0 Å². The van der Waals surface area contributed by atoms with Crippen LogP contribution in [0.15, 0.2) is 0 Å². The molecule has 0 fully saturated rings. The molecule has 94 valence electrons. The normalized spacial score (nSPS) is 16.9. The molecule has 0 aromatic carbocycles. The summed E-state index contributed by atoms with van der Waals surface area (Å²) in [6, 6.07) is 0. The minimum Gasteiger partial charge on any atom is -0.481 e. The van der Waals surface area contributed by atoms with Gasteiger partial charge in [-0.05, 0) is 24.8 Å². The summed E-state index contributed by atoms with van der Waals surface area (Å²) in [4.78, 5) is 10.5. The van der Waals surface area contributed by atoms with Crippen molar-refractivity contribution in [3.63, 3.8) is 0 Å². The van der Waals surface area contributed by atoms with E-state index in [9.17, 15) is 18.0 Å². The van der Waals surface area contributed by atoms with Crippen molar-refractivity contribution in [2.24, 2.45) is 0 Å². The lowest BCUT2D eigenvalue weighted by atomic mass is 9.96. The largest absolute Gasteiger partial charge is 0.481 e. The molecule has 1 atom stereocenters. The SMILES string of the molecule is O=C(O)CC(c1n[nH]c2c1CCC2)C(F)(F)F. The number of fused-ring (bicyclic) bond motifs is 1. The molecule has 1 aromatic heterocycles. The van der Waals surface area contributed by atoms with E-state index < -0.39 is 24.5 Å². The number of aromatic nitrogens is 2. The third-order valence-electron chi connectivity index (χ3n) is 2.94. The fourth-order valence-electron chi connectivity index (χ4n) is 2.18. The Bertz CT molecular complexity index is 439. The second kappa shape index (κ2) is 4.05. The first kappa shape index (κ1) is 11.9. The van der Waals surface area contributed by atoms with Gasteiger partial charge in [0.1, 0.15) is 5.92 Å². The first-order valence-electron chi connectivity index (χ1n) is 5.24. The molecule has 7 heteroatoms. The van der Waals surface area contributed by atoms with Gasteiger partial charge in [-0.2, -0.15) is 18.3 Å². The van der Waals surface area contributed by atoms with E-state index >= 15 is 0 Å². The minimum atomic E-state index is -4.58. The molecular formula is C10H11F3N2O2. The fourth-order valence-corrected chi connectivity index (χ4v) is 2.18. The minimum absolute atomic E-state index is 0.146. The summed E-state index contributed by atoms with van der Waals surface area (Å²) in [7, 11) is 0. The Morgan fingerprint density at radius 2 is 2.18 bits per heavy atom. The van der Waals surface area contributed by atoms with Gasteiger partial charge in [0, 0.05) is 5.69 Å². The summed E-state index contributed by atoms with van der Waals surface area (Å²) in [5.74, 6) is -3.49. The molecule has 0 spiro atoms. The van der Waals surface area contributed by atoms with Crippen LogP contribution in [0.3, 0.4) is 0 Å². The molecule has 2 rings (SSSR count). The Labute approximate surface area is 94.8 Å². The van der Waals surface area contributed by atoms with E-state index in [1.807, 2.05) is 0 Å². The number of hydrogen-bond acceptors (Lipinski definition) is 2.